The highest BCUT2D eigenvalue weighted by Crippen LogP contribution is 2.33. The van der Waals surface area contributed by atoms with Crippen molar-refractivity contribution in [1.82, 2.24) is 20.0 Å². The molecule has 1 saturated heterocycles. The van der Waals surface area contributed by atoms with Crippen molar-refractivity contribution in [3.63, 3.8) is 0 Å². The molecule has 2 amide bonds. The normalized spacial score (nSPS) is 15.3. The largest absolute Gasteiger partial charge is 0.439 e. The summed E-state index contributed by atoms with van der Waals surface area (Å²) in [6, 6.07) is 13.8. The third-order valence-corrected chi connectivity index (χ3v) is 6.13. The fourth-order valence-corrected chi connectivity index (χ4v) is 4.36. The molecular weight excluding hydrogens is 459 g/mol. The number of carbonyl (C=O) groups is 1. The first kappa shape index (κ1) is 25.7. The third kappa shape index (κ3) is 6.23. The van der Waals surface area contributed by atoms with Crippen LogP contribution in [-0.2, 0) is 17.7 Å². The molecule has 1 aliphatic heterocycles. The summed E-state index contributed by atoms with van der Waals surface area (Å²) in [5, 5.41) is 7.85. The maximum atomic E-state index is 13.7. The van der Waals surface area contributed by atoms with Crippen LogP contribution in [0.3, 0.4) is 0 Å². The van der Waals surface area contributed by atoms with Gasteiger partial charge >= 0.3 is 6.03 Å². The van der Waals surface area contributed by atoms with Gasteiger partial charge in [0.25, 0.3) is 0 Å². The number of urea groups is 1. The molecule has 8 heteroatoms. The minimum Gasteiger partial charge on any atom is -0.439 e. The van der Waals surface area contributed by atoms with Crippen LogP contribution < -0.4 is 10.1 Å². The number of nitrogens with zero attached hydrogens (tertiary/aromatic N) is 3. The zero-order valence-electron chi connectivity index (χ0n) is 21.5. The molecule has 1 atom stereocenters. The summed E-state index contributed by atoms with van der Waals surface area (Å²) in [6.07, 6.45) is 2.57. The van der Waals surface area contributed by atoms with Gasteiger partial charge in [0.2, 0.25) is 5.88 Å². The molecule has 0 bridgehead atoms. The van der Waals surface area contributed by atoms with E-state index in [9.17, 15) is 9.18 Å². The van der Waals surface area contributed by atoms with Gasteiger partial charge < -0.3 is 19.7 Å². The van der Waals surface area contributed by atoms with E-state index in [1.165, 1.54) is 12.1 Å². The fraction of sp³-hybridized carbons (Fsp3) is 0.429. The lowest BCUT2D eigenvalue weighted by Crippen LogP contribution is -2.45. The van der Waals surface area contributed by atoms with Crippen LogP contribution in [0, 0.1) is 12.7 Å². The first-order valence-electron chi connectivity index (χ1n) is 12.6. The molecule has 7 nitrogen and oxygen atoms in total. The molecular formula is C28H35FN4O3. The minimum absolute atomic E-state index is 0.0000878. The van der Waals surface area contributed by atoms with Gasteiger partial charge in [-0.25, -0.2) is 13.9 Å². The highest BCUT2D eigenvalue weighted by Gasteiger charge is 2.28. The number of benzene rings is 2. The van der Waals surface area contributed by atoms with E-state index in [2.05, 4.69) is 5.32 Å². The van der Waals surface area contributed by atoms with Crippen LogP contribution in [0.1, 0.15) is 50.4 Å². The van der Waals surface area contributed by atoms with Gasteiger partial charge in [-0.15, -0.1) is 0 Å². The van der Waals surface area contributed by atoms with E-state index in [0.717, 1.165) is 29.7 Å². The molecule has 36 heavy (non-hydrogen) atoms. The number of hydrogen-bond donors (Lipinski definition) is 1. The first-order valence-corrected chi connectivity index (χ1v) is 12.6. The Labute approximate surface area is 212 Å². The van der Waals surface area contributed by atoms with Gasteiger partial charge in [0.05, 0.1) is 29.6 Å². The molecule has 192 valence electrons. The van der Waals surface area contributed by atoms with Gasteiger partial charge in [-0.3, -0.25) is 0 Å². The topological polar surface area (TPSA) is 68.6 Å². The molecule has 1 aliphatic rings. The number of carbonyl (C=O) groups excluding carboxylic acids is 1. The Morgan fingerprint density at radius 2 is 2.06 bits per heavy atom. The summed E-state index contributed by atoms with van der Waals surface area (Å²) < 4.78 is 27.7. The Balaban J connectivity index is 1.76. The lowest BCUT2D eigenvalue weighted by Gasteiger charge is -2.27. The highest BCUT2D eigenvalue weighted by atomic mass is 19.1. The Morgan fingerprint density at radius 1 is 1.28 bits per heavy atom. The number of rotatable bonds is 9. The van der Waals surface area contributed by atoms with E-state index in [4.69, 9.17) is 14.6 Å². The summed E-state index contributed by atoms with van der Waals surface area (Å²) in [5.41, 5.74) is 3.38. The highest BCUT2D eigenvalue weighted by molar-refractivity contribution is 5.74. The molecule has 0 spiro atoms. The average Bonchev–Trinajstić information content (AvgIpc) is 3.47. The smallest absolute Gasteiger partial charge is 0.317 e. The zero-order chi connectivity index (χ0) is 25.7. The maximum absolute atomic E-state index is 13.7. The predicted molar refractivity (Wildman–Crippen MR) is 137 cm³/mol. The van der Waals surface area contributed by atoms with Crippen LogP contribution >= 0.6 is 0 Å². The number of aryl methyl sites for hydroxylation is 2. The maximum Gasteiger partial charge on any atom is 0.317 e. The van der Waals surface area contributed by atoms with Crippen molar-refractivity contribution in [2.75, 3.05) is 13.2 Å². The molecule has 0 aliphatic carbocycles. The number of halogens is 1. The van der Waals surface area contributed by atoms with Crippen molar-refractivity contribution in [2.45, 2.75) is 65.6 Å². The molecule has 1 aromatic heterocycles. The van der Waals surface area contributed by atoms with Crippen molar-refractivity contribution in [1.29, 1.82) is 0 Å². The van der Waals surface area contributed by atoms with Gasteiger partial charge in [0.1, 0.15) is 11.6 Å². The molecule has 0 radical (unpaired) electrons. The van der Waals surface area contributed by atoms with E-state index in [0.29, 0.717) is 43.4 Å². The number of amides is 2. The summed E-state index contributed by atoms with van der Waals surface area (Å²) in [6.45, 7) is 9.42. The molecule has 3 aromatic rings. The van der Waals surface area contributed by atoms with Crippen molar-refractivity contribution in [3.8, 4) is 17.3 Å². The van der Waals surface area contributed by atoms with Gasteiger partial charge in [0.15, 0.2) is 0 Å². The first-order chi connectivity index (χ1) is 17.3. The summed E-state index contributed by atoms with van der Waals surface area (Å²) in [4.78, 5) is 15.0. The molecule has 2 aromatic carbocycles. The standard InChI is InChI=1S/C28H35FN4O3/c1-5-26-25(18-32(28(34)30-19(2)3)17-24-10-7-15-35-24)27(36-23-9-6-8-20(4)16-23)33(31-26)22-13-11-21(29)12-14-22/h6,8-9,11-14,16,19,24H,5,7,10,15,17-18H2,1-4H3,(H,30,34)/t24-/m1/s1. The van der Waals surface area contributed by atoms with Gasteiger partial charge in [-0.05, 0) is 82.0 Å². The summed E-state index contributed by atoms with van der Waals surface area (Å²) in [5.74, 6) is 0.856. The Bertz CT molecular complexity index is 1170. The zero-order valence-corrected chi connectivity index (χ0v) is 21.5. The molecule has 2 heterocycles. The Hall–Kier alpha value is -3.39. The lowest BCUT2D eigenvalue weighted by atomic mass is 10.1. The average molecular weight is 495 g/mol. The van der Waals surface area contributed by atoms with Crippen LogP contribution in [0.5, 0.6) is 11.6 Å². The Kier molecular flexibility index (Phi) is 8.25. The van der Waals surface area contributed by atoms with Crippen LogP contribution in [0.25, 0.3) is 5.69 Å². The SMILES string of the molecule is CCc1nn(-c2ccc(F)cc2)c(Oc2cccc(C)c2)c1CN(C[C@H]1CCCO1)C(=O)NC(C)C. The molecule has 4 rings (SSSR count). The monoisotopic (exact) mass is 494 g/mol. The number of hydrogen-bond acceptors (Lipinski definition) is 4. The minimum atomic E-state index is -0.323. The molecule has 1 N–H and O–H groups in total. The van der Waals surface area contributed by atoms with Crippen LogP contribution in [0.2, 0.25) is 0 Å². The number of nitrogens with one attached hydrogen (secondary N) is 1. The Morgan fingerprint density at radius 3 is 2.69 bits per heavy atom. The summed E-state index contributed by atoms with van der Waals surface area (Å²) in [7, 11) is 0. The summed E-state index contributed by atoms with van der Waals surface area (Å²) >= 11 is 0. The van der Waals surface area contributed by atoms with Crippen molar-refractivity contribution >= 4 is 6.03 Å². The third-order valence-electron chi connectivity index (χ3n) is 6.13. The van der Waals surface area contributed by atoms with E-state index in [1.54, 1.807) is 21.7 Å². The van der Waals surface area contributed by atoms with Gasteiger partial charge in [-0.2, -0.15) is 5.10 Å². The second-order valence-electron chi connectivity index (χ2n) is 9.51. The molecule has 1 fully saturated rings. The van der Waals surface area contributed by atoms with Crippen molar-refractivity contribution < 1.29 is 18.7 Å². The van der Waals surface area contributed by atoms with Crippen LogP contribution in [-0.4, -0.2) is 46.0 Å². The fourth-order valence-electron chi connectivity index (χ4n) is 4.36. The van der Waals surface area contributed by atoms with Crippen molar-refractivity contribution in [3.05, 3.63) is 71.2 Å². The van der Waals surface area contributed by atoms with Gasteiger partial charge in [-0.1, -0.05) is 19.1 Å². The van der Waals surface area contributed by atoms with E-state index in [-0.39, 0.29) is 24.0 Å². The van der Waals surface area contributed by atoms with E-state index in [1.807, 2.05) is 52.0 Å². The second-order valence-corrected chi connectivity index (χ2v) is 9.51. The molecule has 0 saturated carbocycles. The predicted octanol–water partition coefficient (Wildman–Crippen LogP) is 5.77. The lowest BCUT2D eigenvalue weighted by molar-refractivity contribution is 0.0788. The second kappa shape index (κ2) is 11.6. The number of ether oxygens (including phenoxy) is 2. The van der Waals surface area contributed by atoms with E-state index < -0.39 is 0 Å². The molecule has 0 unspecified atom stereocenters. The van der Waals surface area contributed by atoms with Gasteiger partial charge in [0, 0.05) is 19.2 Å². The van der Waals surface area contributed by atoms with Crippen molar-refractivity contribution in [2.24, 2.45) is 0 Å². The number of aromatic nitrogens is 2. The van der Waals surface area contributed by atoms with E-state index >= 15 is 0 Å². The quantitative estimate of drug-likeness (QED) is 0.410. The van der Waals surface area contributed by atoms with Crippen LogP contribution in [0.15, 0.2) is 48.5 Å². The van der Waals surface area contributed by atoms with Crippen LogP contribution in [0.4, 0.5) is 9.18 Å².